The Morgan fingerprint density at radius 2 is 1.87 bits per heavy atom. The number of nitrogens with zero attached hydrogens (tertiary/aromatic N) is 2. The van der Waals surface area contributed by atoms with Gasteiger partial charge in [-0.1, -0.05) is 36.2 Å². The van der Waals surface area contributed by atoms with E-state index < -0.39 is 5.91 Å². The molecule has 2 amide bonds. The third-order valence-corrected chi connectivity index (χ3v) is 5.34. The van der Waals surface area contributed by atoms with Gasteiger partial charge in [0.1, 0.15) is 5.15 Å². The monoisotopic (exact) mass is 351 g/mol. The van der Waals surface area contributed by atoms with Gasteiger partial charge in [0.25, 0.3) is 5.91 Å². The predicted octanol–water partition coefficient (Wildman–Crippen LogP) is 3.82. The average Bonchev–Trinajstić information content (AvgIpc) is 2.80. The molecule has 5 nitrogen and oxygen atoms in total. The van der Waals surface area contributed by atoms with E-state index in [0.717, 1.165) is 48.8 Å². The van der Waals surface area contributed by atoms with E-state index in [9.17, 15) is 9.59 Å². The smallest absolute Gasteiger partial charge is 0.301 e. The van der Waals surface area contributed by atoms with Gasteiger partial charge >= 0.3 is 5.24 Å². The van der Waals surface area contributed by atoms with Crippen molar-refractivity contribution < 1.29 is 9.59 Å². The van der Waals surface area contributed by atoms with Gasteiger partial charge < -0.3 is 4.57 Å². The van der Waals surface area contributed by atoms with Crippen molar-refractivity contribution in [3.05, 3.63) is 35.0 Å². The molecule has 1 aliphatic rings. The van der Waals surface area contributed by atoms with E-state index in [2.05, 4.69) is 5.32 Å². The van der Waals surface area contributed by atoms with Gasteiger partial charge in [0.2, 0.25) is 0 Å². The number of carbonyl (C=O) groups is 2. The van der Waals surface area contributed by atoms with Crippen molar-refractivity contribution in [1.82, 2.24) is 14.2 Å². The van der Waals surface area contributed by atoms with Gasteiger partial charge in [-0.15, -0.1) is 0 Å². The van der Waals surface area contributed by atoms with Crippen molar-refractivity contribution in [2.24, 2.45) is 7.05 Å². The van der Waals surface area contributed by atoms with E-state index in [0.29, 0.717) is 10.7 Å². The van der Waals surface area contributed by atoms with Gasteiger partial charge in [0.15, 0.2) is 0 Å². The molecular formula is C16H18ClN3O2S. The normalized spacial score (nSPS) is 15.7. The summed E-state index contributed by atoms with van der Waals surface area (Å²) in [5, 5.41) is 3.15. The molecule has 0 bridgehead atoms. The molecule has 0 aliphatic carbocycles. The Balaban J connectivity index is 1.75. The van der Waals surface area contributed by atoms with Crippen molar-refractivity contribution in [2.75, 3.05) is 13.1 Å². The molecule has 1 aliphatic heterocycles. The molecule has 1 aromatic heterocycles. The lowest BCUT2D eigenvalue weighted by atomic mass is 10.1. The van der Waals surface area contributed by atoms with E-state index in [4.69, 9.17) is 11.6 Å². The Hall–Kier alpha value is -1.50. The first-order valence-electron chi connectivity index (χ1n) is 7.59. The Kier molecular flexibility index (Phi) is 4.94. The fraction of sp³-hybridized carbons (Fsp3) is 0.375. The molecule has 2 heterocycles. The van der Waals surface area contributed by atoms with Gasteiger partial charge in [0, 0.05) is 43.0 Å². The van der Waals surface area contributed by atoms with Crippen molar-refractivity contribution in [2.45, 2.75) is 19.3 Å². The van der Waals surface area contributed by atoms with Crippen LogP contribution in [0.2, 0.25) is 5.15 Å². The fourth-order valence-corrected chi connectivity index (χ4v) is 3.92. The Labute approximate surface area is 144 Å². The number of nitrogens with one attached hydrogen (secondary N) is 1. The summed E-state index contributed by atoms with van der Waals surface area (Å²) in [5.74, 6) is -0.457. The molecule has 0 saturated carbocycles. The highest BCUT2D eigenvalue weighted by molar-refractivity contribution is 8.11. The first-order valence-corrected chi connectivity index (χ1v) is 8.74. The summed E-state index contributed by atoms with van der Waals surface area (Å²) in [6.45, 7) is 1.75. The van der Waals surface area contributed by atoms with E-state index in [1.807, 2.05) is 28.6 Å². The highest BCUT2D eigenvalue weighted by Gasteiger charge is 2.23. The van der Waals surface area contributed by atoms with Gasteiger partial charge in [-0.2, -0.15) is 0 Å². The third-order valence-electron chi connectivity index (χ3n) is 4.01. The summed E-state index contributed by atoms with van der Waals surface area (Å²) >= 11 is 7.35. The number of para-hydroxylation sites is 1. The number of hydrogen-bond donors (Lipinski definition) is 1. The maximum atomic E-state index is 12.5. The number of carbonyl (C=O) groups excluding carboxylic acids is 2. The summed E-state index contributed by atoms with van der Waals surface area (Å²) in [6, 6.07) is 7.46. The summed E-state index contributed by atoms with van der Waals surface area (Å²) in [6.07, 6.45) is 3.37. The number of halogens is 1. The van der Waals surface area contributed by atoms with Gasteiger partial charge in [-0.3, -0.25) is 14.9 Å². The van der Waals surface area contributed by atoms with E-state index >= 15 is 0 Å². The molecule has 0 atom stereocenters. The molecule has 2 aromatic rings. The van der Waals surface area contributed by atoms with Gasteiger partial charge in [0.05, 0.1) is 5.56 Å². The molecule has 122 valence electrons. The summed E-state index contributed by atoms with van der Waals surface area (Å²) in [5.41, 5.74) is 1.20. The first kappa shape index (κ1) is 16.4. The molecule has 0 spiro atoms. The number of hydrogen-bond acceptors (Lipinski definition) is 4. The second kappa shape index (κ2) is 6.95. The minimum Gasteiger partial charge on any atom is -0.334 e. The lowest BCUT2D eigenvalue weighted by Gasteiger charge is -2.23. The lowest BCUT2D eigenvalue weighted by Crippen LogP contribution is -2.32. The van der Waals surface area contributed by atoms with E-state index in [-0.39, 0.29) is 5.24 Å². The largest absolute Gasteiger partial charge is 0.334 e. The van der Waals surface area contributed by atoms with Crippen LogP contribution in [0.5, 0.6) is 0 Å². The topological polar surface area (TPSA) is 54.3 Å². The minimum absolute atomic E-state index is 0.333. The Morgan fingerprint density at radius 1 is 1.17 bits per heavy atom. The molecule has 1 fully saturated rings. The Morgan fingerprint density at radius 3 is 2.61 bits per heavy atom. The number of benzene rings is 1. The van der Waals surface area contributed by atoms with Crippen molar-refractivity contribution in [1.29, 1.82) is 0 Å². The van der Waals surface area contributed by atoms with Crippen molar-refractivity contribution in [3.8, 4) is 0 Å². The number of fused-ring (bicyclic) bond motifs is 1. The van der Waals surface area contributed by atoms with Gasteiger partial charge in [-0.25, -0.2) is 4.31 Å². The van der Waals surface area contributed by atoms with Crippen LogP contribution in [-0.2, 0) is 7.05 Å². The van der Waals surface area contributed by atoms with Crippen LogP contribution in [0, 0.1) is 0 Å². The SMILES string of the molecule is Cn1c(Cl)c(C(=O)NC(=O)SN2CCCCC2)c2ccccc21. The number of rotatable bonds is 2. The standard InChI is InChI=1S/C16H18ClN3O2S/c1-19-12-8-4-3-7-11(12)13(14(19)17)15(21)18-16(22)23-20-9-5-2-6-10-20/h3-4,7-8H,2,5-6,9-10H2,1H3,(H,18,21,22). The maximum absolute atomic E-state index is 12.5. The molecule has 3 rings (SSSR count). The molecule has 1 N–H and O–H groups in total. The highest BCUT2D eigenvalue weighted by atomic mass is 35.5. The van der Waals surface area contributed by atoms with Crippen LogP contribution >= 0.6 is 23.5 Å². The molecular weight excluding hydrogens is 334 g/mol. The number of aromatic nitrogens is 1. The number of imide groups is 1. The van der Waals surface area contributed by atoms with Crippen molar-refractivity contribution >= 4 is 45.6 Å². The molecule has 1 saturated heterocycles. The minimum atomic E-state index is -0.457. The van der Waals surface area contributed by atoms with Crippen LogP contribution in [-0.4, -0.2) is 33.1 Å². The predicted molar refractivity (Wildman–Crippen MR) is 93.8 cm³/mol. The third kappa shape index (κ3) is 3.39. The zero-order valence-corrected chi connectivity index (χ0v) is 14.4. The fourth-order valence-electron chi connectivity index (χ4n) is 2.83. The average molecular weight is 352 g/mol. The quantitative estimate of drug-likeness (QED) is 0.836. The molecule has 1 aromatic carbocycles. The number of aryl methyl sites for hydroxylation is 1. The summed E-state index contributed by atoms with van der Waals surface area (Å²) < 4.78 is 3.74. The molecule has 23 heavy (non-hydrogen) atoms. The van der Waals surface area contributed by atoms with Crippen LogP contribution in [0.25, 0.3) is 10.9 Å². The number of amides is 2. The molecule has 0 radical (unpaired) electrons. The van der Waals surface area contributed by atoms with Crippen LogP contribution in [0.4, 0.5) is 4.79 Å². The highest BCUT2D eigenvalue weighted by Crippen LogP contribution is 2.29. The number of piperidine rings is 1. The summed E-state index contributed by atoms with van der Waals surface area (Å²) in [7, 11) is 1.80. The zero-order valence-electron chi connectivity index (χ0n) is 12.8. The van der Waals surface area contributed by atoms with Crippen LogP contribution in [0.15, 0.2) is 24.3 Å². The van der Waals surface area contributed by atoms with Crippen LogP contribution in [0.1, 0.15) is 29.6 Å². The first-order chi connectivity index (χ1) is 11.1. The molecule has 0 unspecified atom stereocenters. The second-order valence-electron chi connectivity index (χ2n) is 5.56. The van der Waals surface area contributed by atoms with E-state index in [1.54, 1.807) is 11.6 Å². The van der Waals surface area contributed by atoms with Crippen LogP contribution in [0.3, 0.4) is 0 Å². The van der Waals surface area contributed by atoms with Crippen LogP contribution < -0.4 is 5.32 Å². The lowest BCUT2D eigenvalue weighted by molar-refractivity contribution is 0.0971. The van der Waals surface area contributed by atoms with E-state index in [1.165, 1.54) is 6.42 Å². The Bertz CT molecular complexity index is 753. The maximum Gasteiger partial charge on any atom is 0.301 e. The van der Waals surface area contributed by atoms with Crippen molar-refractivity contribution in [3.63, 3.8) is 0 Å². The zero-order chi connectivity index (χ0) is 16.4. The summed E-state index contributed by atoms with van der Waals surface area (Å²) in [4.78, 5) is 24.6. The molecule has 7 heteroatoms. The second-order valence-corrected chi connectivity index (χ2v) is 6.99. The van der Waals surface area contributed by atoms with Gasteiger partial charge in [-0.05, 0) is 18.9 Å².